The minimum Gasteiger partial charge on any atom is -0.493 e. The van der Waals surface area contributed by atoms with E-state index in [1.54, 1.807) is 6.07 Å². The molecule has 0 aromatic heterocycles. The maximum absolute atomic E-state index is 8.28. The molecule has 0 amide bonds. The third kappa shape index (κ3) is 2.54. The van der Waals surface area contributed by atoms with Gasteiger partial charge in [-0.15, -0.1) is 0 Å². The number of para-hydroxylation sites is 1. The van der Waals surface area contributed by atoms with Gasteiger partial charge in [-0.2, -0.15) is 5.26 Å². The van der Waals surface area contributed by atoms with Crippen molar-refractivity contribution < 1.29 is 4.74 Å². The second kappa shape index (κ2) is 4.85. The molecule has 0 spiro atoms. The first-order valence-corrected chi connectivity index (χ1v) is 4.00. The van der Waals surface area contributed by atoms with Crippen LogP contribution >= 0.6 is 0 Å². The van der Waals surface area contributed by atoms with Crippen molar-refractivity contribution in [1.29, 1.82) is 5.26 Å². The van der Waals surface area contributed by atoms with E-state index in [-0.39, 0.29) is 0 Å². The first-order chi connectivity index (χ1) is 6.38. The Morgan fingerprint density at radius 1 is 1.38 bits per heavy atom. The molecular formula is C11H9NO. The Morgan fingerprint density at radius 2 is 2.15 bits per heavy atom. The second-order valence-electron chi connectivity index (χ2n) is 2.29. The summed E-state index contributed by atoms with van der Waals surface area (Å²) in [6.07, 6.45) is 0. The van der Waals surface area contributed by atoms with E-state index in [2.05, 4.69) is 11.8 Å². The first-order valence-electron chi connectivity index (χ1n) is 4.00. The zero-order valence-electron chi connectivity index (χ0n) is 7.37. The number of nitriles is 1. The Balaban J connectivity index is 2.99. The molecule has 2 nitrogen and oxygen atoms in total. The Bertz CT molecular complexity index is 379. The highest BCUT2D eigenvalue weighted by molar-refractivity contribution is 5.47. The zero-order valence-corrected chi connectivity index (χ0v) is 7.37. The lowest BCUT2D eigenvalue weighted by atomic mass is 10.2. The predicted molar refractivity (Wildman–Crippen MR) is 50.1 cm³/mol. The van der Waals surface area contributed by atoms with Crippen LogP contribution in [0.25, 0.3) is 0 Å². The van der Waals surface area contributed by atoms with Crippen LogP contribution in [0.1, 0.15) is 12.5 Å². The monoisotopic (exact) mass is 171 g/mol. The molecule has 0 saturated heterocycles. The van der Waals surface area contributed by atoms with Crippen molar-refractivity contribution in [3.63, 3.8) is 0 Å². The summed E-state index contributed by atoms with van der Waals surface area (Å²) in [4.78, 5) is 0. The van der Waals surface area contributed by atoms with E-state index < -0.39 is 0 Å². The Hall–Kier alpha value is -1.93. The van der Waals surface area contributed by atoms with Crippen molar-refractivity contribution >= 4 is 0 Å². The minimum atomic E-state index is 0.602. The largest absolute Gasteiger partial charge is 0.493 e. The van der Waals surface area contributed by atoms with Gasteiger partial charge in [-0.25, -0.2) is 0 Å². The molecule has 0 heterocycles. The fourth-order valence-electron chi connectivity index (χ4n) is 0.947. The Labute approximate surface area is 77.8 Å². The second-order valence-corrected chi connectivity index (χ2v) is 2.29. The van der Waals surface area contributed by atoms with E-state index in [1.807, 2.05) is 31.2 Å². The van der Waals surface area contributed by atoms with Gasteiger partial charge >= 0.3 is 0 Å². The lowest BCUT2D eigenvalue weighted by Crippen LogP contribution is -1.93. The molecule has 0 bridgehead atoms. The highest BCUT2D eigenvalue weighted by atomic mass is 16.5. The maximum atomic E-state index is 8.28. The lowest BCUT2D eigenvalue weighted by molar-refractivity contribution is 0.339. The third-order valence-corrected chi connectivity index (χ3v) is 1.44. The van der Waals surface area contributed by atoms with E-state index >= 15 is 0 Å². The van der Waals surface area contributed by atoms with Crippen molar-refractivity contribution in [2.45, 2.75) is 6.92 Å². The normalized spacial score (nSPS) is 8.00. The summed E-state index contributed by atoms with van der Waals surface area (Å²) >= 11 is 0. The average Bonchev–Trinajstić information content (AvgIpc) is 2.17. The van der Waals surface area contributed by atoms with Gasteiger partial charge in [-0.3, -0.25) is 0 Å². The molecule has 0 radical (unpaired) electrons. The molecule has 1 aromatic carbocycles. The molecule has 0 atom stereocenters. The number of ether oxygens (including phenoxy) is 1. The van der Waals surface area contributed by atoms with Crippen molar-refractivity contribution in [2.75, 3.05) is 6.61 Å². The molecule has 13 heavy (non-hydrogen) atoms. The van der Waals surface area contributed by atoms with Gasteiger partial charge in [0.05, 0.1) is 12.2 Å². The van der Waals surface area contributed by atoms with Crippen LogP contribution in [0.3, 0.4) is 0 Å². The first kappa shape index (κ1) is 9.16. The smallest absolute Gasteiger partial charge is 0.152 e. The maximum Gasteiger partial charge on any atom is 0.152 e. The molecule has 0 saturated carbocycles. The number of rotatable bonds is 2. The van der Waals surface area contributed by atoms with Crippen LogP contribution in [0.4, 0.5) is 0 Å². The summed E-state index contributed by atoms with van der Waals surface area (Å²) in [5.41, 5.74) is 0.755. The SMILES string of the molecule is CCOc1ccccc1C#CC#N. The van der Waals surface area contributed by atoms with E-state index in [0.717, 1.165) is 11.3 Å². The van der Waals surface area contributed by atoms with Crippen molar-refractivity contribution in [2.24, 2.45) is 0 Å². The average molecular weight is 171 g/mol. The van der Waals surface area contributed by atoms with Crippen LogP contribution in [0, 0.1) is 23.2 Å². The quantitative estimate of drug-likeness (QED) is 0.637. The van der Waals surface area contributed by atoms with Gasteiger partial charge in [0, 0.05) is 5.92 Å². The Morgan fingerprint density at radius 3 is 2.85 bits per heavy atom. The zero-order chi connectivity index (χ0) is 9.52. The van der Waals surface area contributed by atoms with E-state index in [0.29, 0.717) is 6.61 Å². The minimum absolute atomic E-state index is 0.602. The molecule has 0 aliphatic carbocycles. The number of hydrogen-bond acceptors (Lipinski definition) is 2. The fraction of sp³-hybridized carbons (Fsp3) is 0.182. The molecule has 0 N–H and O–H groups in total. The van der Waals surface area contributed by atoms with Crippen LogP contribution in [0.5, 0.6) is 5.75 Å². The third-order valence-electron chi connectivity index (χ3n) is 1.44. The van der Waals surface area contributed by atoms with Gasteiger partial charge in [0.1, 0.15) is 5.75 Å². The van der Waals surface area contributed by atoms with Crippen LogP contribution in [0.2, 0.25) is 0 Å². The van der Waals surface area contributed by atoms with Crippen molar-refractivity contribution in [1.82, 2.24) is 0 Å². The molecule has 0 unspecified atom stereocenters. The molecule has 64 valence electrons. The van der Waals surface area contributed by atoms with Crippen LogP contribution in [0.15, 0.2) is 24.3 Å². The van der Waals surface area contributed by atoms with Crippen molar-refractivity contribution in [3.8, 4) is 23.7 Å². The topological polar surface area (TPSA) is 33.0 Å². The molecule has 0 aliphatic heterocycles. The van der Waals surface area contributed by atoms with E-state index in [9.17, 15) is 0 Å². The summed E-state index contributed by atoms with van der Waals surface area (Å²) in [5.74, 6) is 5.78. The summed E-state index contributed by atoms with van der Waals surface area (Å²) in [7, 11) is 0. The van der Waals surface area contributed by atoms with Gasteiger partial charge in [-0.1, -0.05) is 12.1 Å². The molecule has 2 heteroatoms. The molecule has 1 rings (SSSR count). The molecular weight excluding hydrogens is 162 g/mol. The van der Waals surface area contributed by atoms with Gasteiger partial charge in [-0.05, 0) is 25.0 Å². The standard InChI is InChI=1S/C11H9NO/c1-2-13-11-8-4-3-6-10(11)7-5-9-12/h3-4,6,8H,2H2,1H3. The number of benzene rings is 1. The van der Waals surface area contributed by atoms with Gasteiger partial charge in [0.25, 0.3) is 0 Å². The summed E-state index contributed by atoms with van der Waals surface area (Å²) in [6, 6.07) is 9.18. The number of nitrogens with zero attached hydrogens (tertiary/aromatic N) is 1. The summed E-state index contributed by atoms with van der Waals surface area (Å²) in [5, 5.41) is 8.28. The van der Waals surface area contributed by atoms with Gasteiger partial charge in [0.15, 0.2) is 6.07 Å². The Kier molecular flexibility index (Phi) is 3.42. The van der Waals surface area contributed by atoms with Crippen LogP contribution in [-0.2, 0) is 0 Å². The van der Waals surface area contributed by atoms with Crippen molar-refractivity contribution in [3.05, 3.63) is 29.8 Å². The molecule has 1 aromatic rings. The highest BCUT2D eigenvalue weighted by Crippen LogP contribution is 2.15. The van der Waals surface area contributed by atoms with Crippen LogP contribution < -0.4 is 4.74 Å². The number of hydrogen-bond donors (Lipinski definition) is 0. The fourth-order valence-corrected chi connectivity index (χ4v) is 0.947. The van der Waals surface area contributed by atoms with Gasteiger partial charge < -0.3 is 4.74 Å². The predicted octanol–water partition coefficient (Wildman–Crippen LogP) is 1.96. The summed E-state index contributed by atoms with van der Waals surface area (Å²) < 4.78 is 5.32. The molecule has 0 aliphatic rings. The van der Waals surface area contributed by atoms with E-state index in [4.69, 9.17) is 10.00 Å². The van der Waals surface area contributed by atoms with Gasteiger partial charge in [0.2, 0.25) is 0 Å². The van der Waals surface area contributed by atoms with Crippen LogP contribution in [-0.4, -0.2) is 6.61 Å². The lowest BCUT2D eigenvalue weighted by Gasteiger charge is -2.03. The summed E-state index contributed by atoms with van der Waals surface area (Å²) in [6.45, 7) is 2.51. The van der Waals surface area contributed by atoms with E-state index in [1.165, 1.54) is 0 Å². The highest BCUT2D eigenvalue weighted by Gasteiger charge is 1.96. The molecule has 0 fully saturated rings.